The summed E-state index contributed by atoms with van der Waals surface area (Å²) >= 11 is 0. The van der Waals surface area contributed by atoms with Gasteiger partial charge in [-0.15, -0.1) is 0 Å². The van der Waals surface area contributed by atoms with Gasteiger partial charge in [0.25, 0.3) is 6.01 Å². The number of oxazole rings is 1. The Kier molecular flexibility index (Phi) is 15.5. The first-order valence-corrected chi connectivity index (χ1v) is 20.8. The van der Waals surface area contributed by atoms with Gasteiger partial charge >= 0.3 is 12.1 Å². The first-order valence-electron chi connectivity index (χ1n) is 20.8. The lowest BCUT2D eigenvalue weighted by Gasteiger charge is -2.47. The molecule has 3 saturated heterocycles. The number of benzene rings is 1. The summed E-state index contributed by atoms with van der Waals surface area (Å²) in [5.74, 6) is -5.05. The summed E-state index contributed by atoms with van der Waals surface area (Å²) in [4.78, 5) is 57.9. The van der Waals surface area contributed by atoms with Gasteiger partial charge in [-0.1, -0.05) is 33.8 Å². The Morgan fingerprint density at radius 1 is 1.12 bits per heavy atom. The predicted molar refractivity (Wildman–Crippen MR) is 218 cm³/mol. The Labute approximate surface area is 351 Å². The van der Waals surface area contributed by atoms with E-state index < -0.39 is 89.5 Å². The number of methoxy groups -OCH3 is 1. The molecular weight excluding hydrogens is 782 g/mol. The number of nitrogens with one attached hydrogen (secondary N) is 1. The van der Waals surface area contributed by atoms with Gasteiger partial charge in [-0.05, 0) is 84.7 Å². The number of hydrogen-bond acceptors (Lipinski definition) is 17. The number of nitrogens with two attached hydrogens (primary N) is 1. The molecule has 18 nitrogen and oxygen atoms in total. The summed E-state index contributed by atoms with van der Waals surface area (Å²) in [6, 6.07) is 4.33. The van der Waals surface area contributed by atoms with Gasteiger partial charge in [0, 0.05) is 23.6 Å². The fraction of sp³-hybridized carbons (Fsp3) is 0.738. The van der Waals surface area contributed by atoms with Crippen LogP contribution in [0.1, 0.15) is 80.2 Å². The average molecular weight is 848 g/mol. The van der Waals surface area contributed by atoms with E-state index in [9.17, 15) is 24.6 Å². The lowest BCUT2D eigenvalue weighted by Crippen LogP contribution is -2.60. The molecule has 336 valence electrons. The summed E-state index contributed by atoms with van der Waals surface area (Å²) in [6.07, 6.45) is -6.15. The zero-order valence-electron chi connectivity index (χ0n) is 36.7. The first kappa shape index (κ1) is 47.5. The standard InChI is InChI=1S/C42H65N5O13/c1-12-31-42(8,52)36-23(4)32(45-40(51)53-11)21(2)17-41(7,55-20-27(19-54-36)46-56-18-26-13-14-30-28(16-26)44-39(43)58-30)35(24(5)33(48)25(6)37(50)59-31)60-38-34(49)29(47(9)10)15-22(3)57-38/h13-14,16,21-25,27,29,31,34-36,38,46,49,52H,12,15,17-20H2,1-11H3,(H2,43,44)/b45-32+/t21-,22-,23+,24+,25-,27?,29+,31-,34-,35-,36-,38+,41-,42-/m1/s1. The van der Waals surface area contributed by atoms with E-state index in [0.29, 0.717) is 23.2 Å². The number of fused-ring (bicyclic) bond motifs is 6. The van der Waals surface area contributed by atoms with Crippen molar-refractivity contribution >= 4 is 40.7 Å². The number of aliphatic hydroxyl groups is 2. The number of anilines is 1. The highest BCUT2D eigenvalue weighted by Crippen LogP contribution is 2.40. The second-order valence-electron chi connectivity index (χ2n) is 17.3. The number of likely N-dealkylation sites (N-methyl/N-ethyl adjacent to an activating group) is 1. The molecule has 4 heterocycles. The fourth-order valence-electron chi connectivity index (χ4n) is 9.00. The van der Waals surface area contributed by atoms with Crippen molar-refractivity contribution in [2.24, 2.45) is 28.7 Å². The molecule has 0 aliphatic carbocycles. The molecule has 0 spiro atoms. The van der Waals surface area contributed by atoms with Crippen LogP contribution in [0.3, 0.4) is 0 Å². The van der Waals surface area contributed by atoms with Gasteiger partial charge in [-0.25, -0.2) is 4.79 Å². The zero-order chi connectivity index (χ0) is 44.3. The number of Topliss-reactive ketones (excluding diaryl/α,β-unsaturated/α-hetero) is 1. The average Bonchev–Trinajstić information content (AvgIpc) is 3.57. The number of hydroxylamine groups is 1. The molecular formula is C42H65N5O13. The molecule has 3 aliphatic heterocycles. The molecule has 18 heteroatoms. The second kappa shape index (κ2) is 19.6. The quantitative estimate of drug-likeness (QED) is 0.169. The maximum atomic E-state index is 14.5. The molecule has 1 amide bonds. The van der Waals surface area contributed by atoms with Crippen LogP contribution in [0.15, 0.2) is 27.6 Å². The van der Waals surface area contributed by atoms with Crippen molar-refractivity contribution in [1.82, 2.24) is 15.4 Å². The van der Waals surface area contributed by atoms with Crippen molar-refractivity contribution in [3.8, 4) is 0 Å². The summed E-state index contributed by atoms with van der Waals surface area (Å²) in [7, 11) is 4.93. The van der Waals surface area contributed by atoms with Gasteiger partial charge in [0.2, 0.25) is 0 Å². The molecule has 3 aliphatic rings. The van der Waals surface area contributed by atoms with Crippen molar-refractivity contribution < 1.29 is 62.3 Å². The van der Waals surface area contributed by atoms with E-state index in [4.69, 9.17) is 43.4 Å². The lowest BCUT2D eigenvalue weighted by molar-refractivity contribution is -0.298. The topological polar surface area (TPSA) is 236 Å². The van der Waals surface area contributed by atoms with E-state index in [1.807, 2.05) is 38.9 Å². The normalized spacial score (nSPS) is 38.3. The van der Waals surface area contributed by atoms with Gasteiger partial charge in [0.05, 0.1) is 56.9 Å². The molecule has 1 unspecified atom stereocenters. The van der Waals surface area contributed by atoms with Crippen LogP contribution in [0.25, 0.3) is 11.1 Å². The van der Waals surface area contributed by atoms with Crippen molar-refractivity contribution in [1.29, 1.82) is 0 Å². The number of carbonyl (C=O) groups is 3. The van der Waals surface area contributed by atoms with Crippen LogP contribution in [0.2, 0.25) is 0 Å². The Balaban J connectivity index is 1.63. The third kappa shape index (κ3) is 10.5. The van der Waals surface area contributed by atoms with Gasteiger partial charge in [0.1, 0.15) is 29.2 Å². The molecule has 60 heavy (non-hydrogen) atoms. The summed E-state index contributed by atoms with van der Waals surface area (Å²) in [6.45, 7) is 13.5. The number of hydrogen-bond donors (Lipinski definition) is 4. The molecule has 0 radical (unpaired) electrons. The Hall–Kier alpha value is -3.59. The monoisotopic (exact) mass is 847 g/mol. The number of esters is 1. The van der Waals surface area contributed by atoms with E-state index in [0.717, 1.165) is 5.56 Å². The van der Waals surface area contributed by atoms with E-state index in [2.05, 4.69) is 15.5 Å². The number of aliphatic hydroxyl groups excluding tert-OH is 1. The third-order valence-corrected chi connectivity index (χ3v) is 12.3. The number of aliphatic imine (C=N–C) groups is 1. The van der Waals surface area contributed by atoms with Crippen LogP contribution in [-0.2, 0) is 49.5 Å². The molecule has 2 bridgehead atoms. The largest absolute Gasteiger partial charge is 0.459 e. The number of aromatic nitrogens is 1. The molecule has 5 N–H and O–H groups in total. The Bertz CT molecular complexity index is 1840. The number of amides is 1. The van der Waals surface area contributed by atoms with Crippen LogP contribution >= 0.6 is 0 Å². The number of cyclic esters (lactones) is 1. The zero-order valence-corrected chi connectivity index (χ0v) is 36.7. The lowest BCUT2D eigenvalue weighted by atomic mass is 9.73. The molecule has 1 aromatic heterocycles. The molecule has 3 fully saturated rings. The van der Waals surface area contributed by atoms with Gasteiger partial charge in [0.15, 0.2) is 17.7 Å². The smallest absolute Gasteiger partial charge is 0.433 e. The highest BCUT2D eigenvalue weighted by Gasteiger charge is 2.53. The SMILES string of the molecule is CC[C@H]1OC(=O)[C@H](C)C(=O)[C@H](C)[C@@H](O[C@@H]2O[C@H](C)C[C@H](N(C)C)[C@H]2O)[C@@]2(C)C[C@@H](C)/C(=N\C(=O)OC)[C@H](C)[C@@H](OCC(NOCc3ccc4oc(N)nc4c3)CO2)[C@]1(C)O. The van der Waals surface area contributed by atoms with Crippen molar-refractivity contribution in [2.75, 3.05) is 40.2 Å². The van der Waals surface area contributed by atoms with Crippen LogP contribution < -0.4 is 11.2 Å². The minimum Gasteiger partial charge on any atom is -0.459 e. The number of ether oxygens (including phenoxy) is 6. The van der Waals surface area contributed by atoms with Gasteiger partial charge < -0.3 is 53.7 Å². The number of carbonyl (C=O) groups excluding carboxylic acids is 3. The van der Waals surface area contributed by atoms with Gasteiger partial charge in [-0.3, -0.25) is 14.4 Å². The van der Waals surface area contributed by atoms with Crippen LogP contribution in [0.5, 0.6) is 0 Å². The summed E-state index contributed by atoms with van der Waals surface area (Å²) in [5, 5.41) is 24.1. The van der Waals surface area contributed by atoms with Crippen molar-refractivity contribution in [3.05, 3.63) is 23.8 Å². The highest BCUT2D eigenvalue weighted by molar-refractivity contribution is 6.00. The Morgan fingerprint density at radius 3 is 2.50 bits per heavy atom. The second-order valence-corrected chi connectivity index (χ2v) is 17.3. The Morgan fingerprint density at radius 2 is 1.83 bits per heavy atom. The third-order valence-electron chi connectivity index (χ3n) is 12.3. The van der Waals surface area contributed by atoms with Gasteiger partial charge in [-0.2, -0.15) is 15.5 Å². The number of nitrogen functional groups attached to an aromatic ring is 1. The number of rotatable bonds is 8. The van der Waals surface area contributed by atoms with Crippen LogP contribution in [0, 0.1) is 23.7 Å². The fourth-order valence-corrected chi connectivity index (χ4v) is 9.00. The number of ketones is 1. The van der Waals surface area contributed by atoms with E-state index in [1.54, 1.807) is 39.8 Å². The first-order chi connectivity index (χ1) is 28.2. The van der Waals surface area contributed by atoms with Crippen molar-refractivity contribution in [2.45, 2.75) is 141 Å². The molecule has 0 saturated carbocycles. The number of nitrogens with zero attached hydrogens (tertiary/aromatic N) is 3. The minimum atomic E-state index is -1.88. The minimum absolute atomic E-state index is 0.0459. The van der Waals surface area contributed by atoms with E-state index in [-0.39, 0.29) is 50.8 Å². The molecule has 14 atom stereocenters. The molecule has 2 aromatic rings. The predicted octanol–water partition coefficient (Wildman–Crippen LogP) is 3.58. The molecule has 5 rings (SSSR count). The van der Waals surface area contributed by atoms with E-state index >= 15 is 0 Å². The van der Waals surface area contributed by atoms with Crippen LogP contribution in [-0.4, -0.2) is 138 Å². The highest BCUT2D eigenvalue weighted by atomic mass is 16.7. The summed E-state index contributed by atoms with van der Waals surface area (Å²) in [5.41, 5.74) is 7.69. The molecule has 1 aromatic carbocycles. The maximum Gasteiger partial charge on any atom is 0.433 e. The van der Waals surface area contributed by atoms with E-state index in [1.165, 1.54) is 21.0 Å². The van der Waals surface area contributed by atoms with Crippen molar-refractivity contribution in [3.63, 3.8) is 0 Å². The maximum absolute atomic E-state index is 14.5. The summed E-state index contributed by atoms with van der Waals surface area (Å²) < 4.78 is 43.0. The van der Waals surface area contributed by atoms with Crippen LogP contribution in [0.4, 0.5) is 10.8 Å².